The number of halogens is 2. The number of hydrogen-bond donors (Lipinski definition) is 1. The zero-order chi connectivity index (χ0) is 23.0. The van der Waals surface area contributed by atoms with E-state index in [0.29, 0.717) is 6.61 Å². The topological polar surface area (TPSA) is 35.9 Å². The van der Waals surface area contributed by atoms with E-state index in [4.69, 9.17) is 4.74 Å². The smallest absolute Gasteiger partial charge is 0.123 e. The second-order valence-corrected chi connectivity index (χ2v) is 8.38. The van der Waals surface area contributed by atoms with Crippen LogP contribution in [0.2, 0.25) is 0 Å². The Labute approximate surface area is 194 Å². The summed E-state index contributed by atoms with van der Waals surface area (Å²) < 4.78 is 32.7. The highest BCUT2D eigenvalue weighted by atomic mass is 19.1. The van der Waals surface area contributed by atoms with Gasteiger partial charge in [0.15, 0.2) is 0 Å². The van der Waals surface area contributed by atoms with Gasteiger partial charge in [0.2, 0.25) is 0 Å². The zero-order valence-corrected chi connectivity index (χ0v) is 18.6. The largest absolute Gasteiger partial charge is 0.386 e. The molecule has 0 aromatic heterocycles. The quantitative estimate of drug-likeness (QED) is 0.488. The van der Waals surface area contributed by atoms with Crippen molar-refractivity contribution in [2.45, 2.75) is 12.1 Å². The summed E-state index contributed by atoms with van der Waals surface area (Å²) in [5.74, 6) is -0.530. The minimum Gasteiger partial charge on any atom is -0.386 e. The molecule has 1 fully saturated rings. The van der Waals surface area contributed by atoms with Crippen LogP contribution in [-0.4, -0.2) is 60.8 Å². The molecule has 1 saturated heterocycles. The Morgan fingerprint density at radius 3 is 1.82 bits per heavy atom. The van der Waals surface area contributed by atoms with E-state index in [1.807, 2.05) is 54.6 Å². The van der Waals surface area contributed by atoms with E-state index < -0.39 is 6.10 Å². The molecule has 3 aromatic rings. The molecule has 6 heteroatoms. The van der Waals surface area contributed by atoms with E-state index >= 15 is 0 Å². The van der Waals surface area contributed by atoms with Crippen molar-refractivity contribution in [3.8, 4) is 0 Å². The number of aliphatic hydroxyl groups is 1. The highest BCUT2D eigenvalue weighted by molar-refractivity contribution is 5.32. The monoisotopic (exact) mass is 452 g/mol. The summed E-state index contributed by atoms with van der Waals surface area (Å²) in [6, 6.07) is 22.6. The van der Waals surface area contributed by atoms with Crippen LogP contribution in [0.25, 0.3) is 0 Å². The average molecular weight is 453 g/mol. The Kier molecular flexibility index (Phi) is 8.18. The fourth-order valence-electron chi connectivity index (χ4n) is 4.31. The van der Waals surface area contributed by atoms with Crippen LogP contribution in [0.4, 0.5) is 8.78 Å². The number of aliphatic hydroxyl groups excluding tert-OH is 1. The molecule has 33 heavy (non-hydrogen) atoms. The number of benzene rings is 3. The number of piperazine rings is 1. The van der Waals surface area contributed by atoms with E-state index in [1.165, 1.54) is 24.3 Å². The molecule has 0 bridgehead atoms. The fraction of sp³-hybridized carbons (Fsp3) is 0.333. The second-order valence-electron chi connectivity index (χ2n) is 8.38. The first-order chi connectivity index (χ1) is 16.1. The van der Waals surface area contributed by atoms with Crippen LogP contribution in [0.15, 0.2) is 78.9 Å². The lowest BCUT2D eigenvalue weighted by atomic mass is 9.96. The Balaban J connectivity index is 1.30. The Bertz CT molecular complexity index is 930. The highest BCUT2D eigenvalue weighted by Gasteiger charge is 2.26. The molecule has 1 heterocycles. The van der Waals surface area contributed by atoms with Gasteiger partial charge in [-0.3, -0.25) is 9.80 Å². The first kappa shape index (κ1) is 23.5. The van der Waals surface area contributed by atoms with Gasteiger partial charge in [0, 0.05) is 32.7 Å². The minimum atomic E-state index is -0.616. The third kappa shape index (κ3) is 6.45. The van der Waals surface area contributed by atoms with Gasteiger partial charge in [0.25, 0.3) is 0 Å². The highest BCUT2D eigenvalue weighted by Crippen LogP contribution is 2.30. The van der Waals surface area contributed by atoms with Crippen LogP contribution in [0, 0.1) is 11.6 Å². The third-order valence-corrected chi connectivity index (χ3v) is 6.16. The van der Waals surface area contributed by atoms with Crippen LogP contribution in [-0.2, 0) is 4.74 Å². The lowest BCUT2D eigenvalue weighted by Gasteiger charge is -2.39. The number of hydrogen-bond acceptors (Lipinski definition) is 4. The number of nitrogens with zero attached hydrogens (tertiary/aromatic N) is 2. The van der Waals surface area contributed by atoms with Crippen LogP contribution >= 0.6 is 0 Å². The first-order valence-corrected chi connectivity index (χ1v) is 11.4. The Morgan fingerprint density at radius 2 is 1.27 bits per heavy atom. The number of ether oxygens (including phenoxy) is 1. The van der Waals surface area contributed by atoms with Crippen LogP contribution in [0.3, 0.4) is 0 Å². The van der Waals surface area contributed by atoms with Crippen molar-refractivity contribution in [2.24, 2.45) is 0 Å². The summed E-state index contributed by atoms with van der Waals surface area (Å²) in [6.07, 6.45) is -0.616. The summed E-state index contributed by atoms with van der Waals surface area (Å²) in [5, 5.41) is 10.2. The molecule has 0 aliphatic carbocycles. The predicted octanol–water partition coefficient (Wildman–Crippen LogP) is 4.42. The molecule has 1 unspecified atom stereocenters. The third-order valence-electron chi connectivity index (χ3n) is 6.16. The molecule has 4 rings (SSSR count). The maximum absolute atomic E-state index is 13.5. The van der Waals surface area contributed by atoms with Crippen LogP contribution in [0.5, 0.6) is 0 Å². The molecular formula is C27H30F2N2O2. The van der Waals surface area contributed by atoms with Gasteiger partial charge in [0.05, 0.1) is 19.3 Å². The zero-order valence-electron chi connectivity index (χ0n) is 18.6. The van der Waals surface area contributed by atoms with Gasteiger partial charge in [-0.15, -0.1) is 0 Å². The van der Waals surface area contributed by atoms with Crippen molar-refractivity contribution >= 4 is 0 Å². The van der Waals surface area contributed by atoms with Crippen molar-refractivity contribution in [1.29, 1.82) is 0 Å². The van der Waals surface area contributed by atoms with Gasteiger partial charge < -0.3 is 9.84 Å². The van der Waals surface area contributed by atoms with E-state index in [1.54, 1.807) is 0 Å². The molecular weight excluding hydrogens is 422 g/mol. The lowest BCUT2D eigenvalue weighted by molar-refractivity contribution is 0.0182. The Hall–Kier alpha value is -2.64. The Morgan fingerprint density at radius 1 is 0.727 bits per heavy atom. The van der Waals surface area contributed by atoms with Gasteiger partial charge in [-0.05, 0) is 41.0 Å². The van der Waals surface area contributed by atoms with Crippen molar-refractivity contribution in [3.63, 3.8) is 0 Å². The number of rotatable bonds is 9. The molecule has 0 spiro atoms. The fourth-order valence-corrected chi connectivity index (χ4v) is 4.31. The molecule has 174 valence electrons. The van der Waals surface area contributed by atoms with Gasteiger partial charge in [0.1, 0.15) is 17.7 Å². The molecule has 1 N–H and O–H groups in total. The maximum Gasteiger partial charge on any atom is 0.123 e. The second kappa shape index (κ2) is 11.5. The lowest BCUT2D eigenvalue weighted by Crippen LogP contribution is -2.48. The predicted molar refractivity (Wildman–Crippen MR) is 125 cm³/mol. The normalized spacial score (nSPS) is 16.2. The summed E-state index contributed by atoms with van der Waals surface area (Å²) in [7, 11) is 0. The van der Waals surface area contributed by atoms with Crippen molar-refractivity contribution in [2.75, 3.05) is 45.9 Å². The molecule has 1 aliphatic heterocycles. The molecule has 1 aliphatic rings. The summed E-state index contributed by atoms with van der Waals surface area (Å²) >= 11 is 0. The molecule has 0 amide bonds. The van der Waals surface area contributed by atoms with E-state index in [2.05, 4.69) is 9.80 Å². The molecule has 1 atom stereocenters. The van der Waals surface area contributed by atoms with E-state index in [0.717, 1.165) is 49.4 Å². The van der Waals surface area contributed by atoms with E-state index in [-0.39, 0.29) is 24.3 Å². The van der Waals surface area contributed by atoms with Gasteiger partial charge in [-0.1, -0.05) is 54.6 Å². The van der Waals surface area contributed by atoms with Gasteiger partial charge in [-0.2, -0.15) is 0 Å². The SMILES string of the molecule is OC(COCCN1CCN(C(c2ccc(F)cc2)c2ccc(F)cc2)CC1)c1ccccc1. The standard InChI is InChI=1S/C27H30F2N2O2/c28-24-10-6-22(7-11-24)27(23-8-12-25(29)13-9-23)31-16-14-30(15-17-31)18-19-33-20-26(32)21-4-2-1-3-5-21/h1-13,26-27,32H,14-20H2. The van der Waals surface area contributed by atoms with Crippen molar-refractivity contribution < 1.29 is 18.6 Å². The summed E-state index contributed by atoms with van der Waals surface area (Å²) in [4.78, 5) is 4.70. The van der Waals surface area contributed by atoms with Crippen LogP contribution in [0.1, 0.15) is 28.8 Å². The minimum absolute atomic E-state index is 0.0504. The summed E-state index contributed by atoms with van der Waals surface area (Å²) in [6.45, 7) is 5.07. The summed E-state index contributed by atoms with van der Waals surface area (Å²) in [5.41, 5.74) is 2.85. The molecule has 0 saturated carbocycles. The van der Waals surface area contributed by atoms with E-state index in [9.17, 15) is 13.9 Å². The van der Waals surface area contributed by atoms with Gasteiger partial charge >= 0.3 is 0 Å². The molecule has 4 nitrogen and oxygen atoms in total. The maximum atomic E-state index is 13.5. The van der Waals surface area contributed by atoms with Crippen LogP contribution < -0.4 is 0 Å². The van der Waals surface area contributed by atoms with Crippen molar-refractivity contribution in [1.82, 2.24) is 9.80 Å². The molecule has 3 aromatic carbocycles. The molecule has 0 radical (unpaired) electrons. The van der Waals surface area contributed by atoms with Gasteiger partial charge in [-0.25, -0.2) is 8.78 Å². The van der Waals surface area contributed by atoms with Crippen molar-refractivity contribution in [3.05, 3.63) is 107 Å². The first-order valence-electron chi connectivity index (χ1n) is 11.4. The average Bonchev–Trinajstić information content (AvgIpc) is 2.85.